The summed E-state index contributed by atoms with van der Waals surface area (Å²) in [5.41, 5.74) is 12.7. The average molecular weight is 362 g/mol. The van der Waals surface area contributed by atoms with E-state index in [0.717, 1.165) is 29.5 Å². The zero-order chi connectivity index (χ0) is 17.9. The van der Waals surface area contributed by atoms with Gasteiger partial charge in [0.1, 0.15) is 0 Å². The number of carbonyl (C=O) groups excluding carboxylic acids is 1. The number of fused-ring (bicyclic) bond motifs is 1. The normalized spacial score (nSPS) is 13.2. The van der Waals surface area contributed by atoms with Gasteiger partial charge in [0.2, 0.25) is 0 Å². The highest BCUT2D eigenvalue weighted by Crippen LogP contribution is 2.35. The van der Waals surface area contributed by atoms with Gasteiger partial charge in [-0.1, -0.05) is 48.5 Å². The molecule has 0 fully saturated rings. The summed E-state index contributed by atoms with van der Waals surface area (Å²) >= 11 is 1.43. The molecule has 3 nitrogen and oxygen atoms in total. The van der Waals surface area contributed by atoms with Gasteiger partial charge in [-0.3, -0.25) is 4.79 Å². The molecule has 1 aliphatic rings. The van der Waals surface area contributed by atoms with Crippen LogP contribution in [0, 0.1) is 0 Å². The molecule has 4 rings (SSSR count). The Morgan fingerprint density at radius 1 is 1.04 bits per heavy atom. The van der Waals surface area contributed by atoms with Crippen molar-refractivity contribution in [2.75, 3.05) is 5.73 Å². The molecule has 0 aliphatic heterocycles. The number of aryl methyl sites for hydroxylation is 2. The third-order valence-electron chi connectivity index (χ3n) is 5.00. The van der Waals surface area contributed by atoms with Gasteiger partial charge in [0.25, 0.3) is 5.91 Å². The van der Waals surface area contributed by atoms with E-state index < -0.39 is 0 Å². The lowest BCUT2D eigenvalue weighted by Crippen LogP contribution is -2.23. The first kappa shape index (κ1) is 16.9. The Kier molecular flexibility index (Phi) is 4.76. The number of nitrogens with two attached hydrogens (primary N) is 1. The number of nitrogen functional groups attached to an aromatic ring is 1. The minimum atomic E-state index is -0.111. The van der Waals surface area contributed by atoms with Gasteiger partial charge in [-0.25, -0.2) is 0 Å². The molecule has 0 saturated heterocycles. The molecular weight excluding hydrogens is 340 g/mol. The Bertz CT molecular complexity index is 931. The van der Waals surface area contributed by atoms with E-state index in [4.69, 9.17) is 5.73 Å². The van der Waals surface area contributed by atoms with E-state index in [9.17, 15) is 4.79 Å². The summed E-state index contributed by atoms with van der Waals surface area (Å²) in [6, 6.07) is 16.5. The quantitative estimate of drug-likeness (QED) is 0.700. The van der Waals surface area contributed by atoms with Crippen LogP contribution in [0.3, 0.4) is 0 Å². The van der Waals surface area contributed by atoms with Gasteiger partial charge in [0.15, 0.2) is 0 Å². The lowest BCUT2D eigenvalue weighted by molar-refractivity contribution is 0.0953. The molecule has 26 heavy (non-hydrogen) atoms. The van der Waals surface area contributed by atoms with Crippen molar-refractivity contribution < 1.29 is 4.79 Å². The second-order valence-electron chi connectivity index (χ2n) is 6.75. The Morgan fingerprint density at radius 3 is 2.62 bits per heavy atom. The zero-order valence-corrected chi connectivity index (χ0v) is 15.4. The smallest absolute Gasteiger partial charge is 0.255 e. The largest absolute Gasteiger partial charge is 0.390 e. The summed E-state index contributed by atoms with van der Waals surface area (Å²) in [7, 11) is 0. The standard InChI is InChI=1S/C22H22N2OS/c23-21-20(22(25)24-13-15-6-2-1-3-7-15)19(14-26-21)18-11-10-16-8-4-5-9-17(16)12-18/h1-3,6-7,10-12,14H,4-5,8-9,13,23H2,(H,24,25). The summed E-state index contributed by atoms with van der Waals surface area (Å²) in [5.74, 6) is -0.111. The maximum absolute atomic E-state index is 12.8. The van der Waals surface area contributed by atoms with Crippen molar-refractivity contribution in [3.63, 3.8) is 0 Å². The summed E-state index contributed by atoms with van der Waals surface area (Å²) < 4.78 is 0. The van der Waals surface area contributed by atoms with E-state index in [-0.39, 0.29) is 5.91 Å². The maximum Gasteiger partial charge on any atom is 0.255 e. The number of thiophene rings is 1. The van der Waals surface area contributed by atoms with Crippen LogP contribution in [0.5, 0.6) is 0 Å². The van der Waals surface area contributed by atoms with Crippen LogP contribution in [0.1, 0.15) is 39.9 Å². The number of hydrogen-bond donors (Lipinski definition) is 2. The summed E-state index contributed by atoms with van der Waals surface area (Å²) in [6.07, 6.45) is 4.79. The van der Waals surface area contributed by atoms with Crippen LogP contribution in [0.4, 0.5) is 5.00 Å². The first-order valence-electron chi connectivity index (χ1n) is 9.03. The van der Waals surface area contributed by atoms with Crippen molar-refractivity contribution in [3.8, 4) is 11.1 Å². The van der Waals surface area contributed by atoms with Crippen LogP contribution in [-0.4, -0.2) is 5.91 Å². The lowest BCUT2D eigenvalue weighted by atomic mass is 9.89. The molecule has 1 heterocycles. The fraction of sp³-hybridized carbons (Fsp3) is 0.227. The van der Waals surface area contributed by atoms with Crippen molar-refractivity contribution in [1.82, 2.24) is 5.32 Å². The van der Waals surface area contributed by atoms with E-state index in [1.165, 1.54) is 35.3 Å². The molecule has 4 heteroatoms. The highest BCUT2D eigenvalue weighted by molar-refractivity contribution is 7.15. The van der Waals surface area contributed by atoms with Gasteiger partial charge in [-0.2, -0.15) is 0 Å². The third-order valence-corrected chi connectivity index (χ3v) is 5.81. The van der Waals surface area contributed by atoms with Crippen LogP contribution >= 0.6 is 11.3 Å². The van der Waals surface area contributed by atoms with E-state index in [2.05, 4.69) is 23.5 Å². The van der Waals surface area contributed by atoms with Crippen molar-refractivity contribution in [2.24, 2.45) is 0 Å². The van der Waals surface area contributed by atoms with Gasteiger partial charge >= 0.3 is 0 Å². The van der Waals surface area contributed by atoms with Crippen LogP contribution in [0.15, 0.2) is 53.9 Å². The number of hydrogen-bond acceptors (Lipinski definition) is 3. The molecule has 1 aromatic heterocycles. The van der Waals surface area contributed by atoms with Crippen molar-refractivity contribution >= 4 is 22.2 Å². The zero-order valence-electron chi connectivity index (χ0n) is 14.6. The second-order valence-corrected chi connectivity index (χ2v) is 7.66. The molecule has 0 unspecified atom stereocenters. The van der Waals surface area contributed by atoms with Gasteiger partial charge in [-0.15, -0.1) is 11.3 Å². The third kappa shape index (κ3) is 3.37. The molecule has 0 atom stereocenters. The van der Waals surface area contributed by atoms with Gasteiger partial charge in [0.05, 0.1) is 10.6 Å². The first-order chi connectivity index (χ1) is 12.7. The van der Waals surface area contributed by atoms with Crippen molar-refractivity contribution in [2.45, 2.75) is 32.2 Å². The van der Waals surface area contributed by atoms with E-state index in [1.807, 2.05) is 35.7 Å². The minimum Gasteiger partial charge on any atom is -0.390 e. The van der Waals surface area contributed by atoms with Gasteiger partial charge in [0, 0.05) is 17.5 Å². The highest BCUT2D eigenvalue weighted by atomic mass is 32.1. The number of benzene rings is 2. The highest BCUT2D eigenvalue weighted by Gasteiger charge is 2.20. The van der Waals surface area contributed by atoms with Crippen LogP contribution < -0.4 is 11.1 Å². The molecule has 3 N–H and O–H groups in total. The monoisotopic (exact) mass is 362 g/mol. The minimum absolute atomic E-state index is 0.111. The molecule has 0 bridgehead atoms. The van der Waals surface area contributed by atoms with E-state index >= 15 is 0 Å². The predicted molar refractivity (Wildman–Crippen MR) is 108 cm³/mol. The van der Waals surface area contributed by atoms with E-state index in [0.29, 0.717) is 17.1 Å². The predicted octanol–water partition coefficient (Wildman–Crippen LogP) is 4.81. The average Bonchev–Trinajstić information content (AvgIpc) is 3.08. The molecule has 0 radical (unpaired) electrons. The molecule has 0 saturated carbocycles. The number of carbonyl (C=O) groups is 1. The number of rotatable bonds is 4. The molecule has 1 aliphatic carbocycles. The molecule has 0 spiro atoms. The SMILES string of the molecule is Nc1scc(-c2ccc3c(c2)CCCC3)c1C(=O)NCc1ccccc1. The summed E-state index contributed by atoms with van der Waals surface area (Å²) in [4.78, 5) is 12.8. The van der Waals surface area contributed by atoms with Crippen molar-refractivity contribution in [1.29, 1.82) is 0 Å². The number of anilines is 1. The Balaban J connectivity index is 1.60. The van der Waals surface area contributed by atoms with Crippen molar-refractivity contribution in [3.05, 3.63) is 76.2 Å². The Labute approximate surface area is 157 Å². The second kappa shape index (κ2) is 7.34. The molecule has 1 amide bonds. The maximum atomic E-state index is 12.8. The van der Waals surface area contributed by atoms with Crippen LogP contribution in [0.25, 0.3) is 11.1 Å². The fourth-order valence-corrected chi connectivity index (χ4v) is 4.41. The van der Waals surface area contributed by atoms with Crippen LogP contribution in [-0.2, 0) is 19.4 Å². The Hall–Kier alpha value is -2.59. The molecular formula is C22H22N2OS. The number of amides is 1. The molecule has 2 aromatic carbocycles. The fourth-order valence-electron chi connectivity index (χ4n) is 3.59. The summed E-state index contributed by atoms with van der Waals surface area (Å²) in [5, 5.41) is 5.57. The topological polar surface area (TPSA) is 55.1 Å². The molecule has 3 aromatic rings. The summed E-state index contributed by atoms with van der Waals surface area (Å²) in [6.45, 7) is 0.499. The van der Waals surface area contributed by atoms with Gasteiger partial charge in [-0.05, 0) is 47.9 Å². The molecule has 132 valence electrons. The Morgan fingerprint density at radius 2 is 1.81 bits per heavy atom. The lowest BCUT2D eigenvalue weighted by Gasteiger charge is -2.17. The van der Waals surface area contributed by atoms with Gasteiger partial charge < -0.3 is 11.1 Å². The van der Waals surface area contributed by atoms with Crippen LogP contribution in [0.2, 0.25) is 0 Å². The van der Waals surface area contributed by atoms with E-state index in [1.54, 1.807) is 0 Å². The number of nitrogens with one attached hydrogen (secondary N) is 1. The first-order valence-corrected chi connectivity index (χ1v) is 9.91.